The van der Waals surface area contributed by atoms with Gasteiger partial charge in [-0.3, -0.25) is 4.79 Å². The second-order valence-electron chi connectivity index (χ2n) is 12.6. The van der Waals surface area contributed by atoms with E-state index in [0.29, 0.717) is 0 Å². The Morgan fingerprint density at radius 3 is 1.95 bits per heavy atom. The summed E-state index contributed by atoms with van der Waals surface area (Å²) < 4.78 is 25.6. The summed E-state index contributed by atoms with van der Waals surface area (Å²) in [6, 6.07) is 21.5. The molecule has 2 fully saturated rings. The van der Waals surface area contributed by atoms with Crippen molar-refractivity contribution in [3.05, 3.63) is 60.7 Å². The Balaban J connectivity index is 1.53. The molecule has 0 aliphatic carbocycles. The maximum atomic E-state index is 12.3. The summed E-state index contributed by atoms with van der Waals surface area (Å²) in [5, 5.41) is 2.46. The third-order valence-electron chi connectivity index (χ3n) is 7.50. The van der Waals surface area contributed by atoms with E-state index >= 15 is 0 Å². The molecule has 0 saturated carbocycles. The molecule has 5 nitrogen and oxygen atoms in total. The van der Waals surface area contributed by atoms with Crippen LogP contribution in [0.4, 0.5) is 0 Å². The third-order valence-corrected chi connectivity index (χ3v) is 12.6. The van der Waals surface area contributed by atoms with Crippen molar-refractivity contribution >= 4 is 24.7 Å². The van der Waals surface area contributed by atoms with E-state index in [9.17, 15) is 4.79 Å². The lowest BCUT2D eigenvalue weighted by molar-refractivity contribution is -0.170. The molecule has 6 heteroatoms. The SMILES string of the molecule is CC[C@@H](O[Si](c1ccccc1)(c1ccccc1)C(C)(C)C)[C@H]1C[C@@H]2C[C@@H](CC(=O)OC(C)(C)C)O[C@@H]2O1. The van der Waals surface area contributed by atoms with Gasteiger partial charge in [0.25, 0.3) is 8.32 Å². The number of carbonyl (C=O) groups excluding carboxylic acids is 1. The first-order valence-corrected chi connectivity index (χ1v) is 15.7. The highest BCUT2D eigenvalue weighted by atomic mass is 28.4. The molecule has 2 aliphatic heterocycles. The summed E-state index contributed by atoms with van der Waals surface area (Å²) in [6.45, 7) is 14.8. The van der Waals surface area contributed by atoms with Gasteiger partial charge in [-0.1, -0.05) is 88.4 Å². The highest BCUT2D eigenvalue weighted by molar-refractivity contribution is 6.99. The molecule has 0 unspecified atom stereocenters. The predicted molar refractivity (Wildman–Crippen MR) is 150 cm³/mol. The predicted octanol–water partition coefficient (Wildman–Crippen LogP) is 5.59. The average Bonchev–Trinajstić information content (AvgIpc) is 3.37. The van der Waals surface area contributed by atoms with Crippen LogP contribution < -0.4 is 10.4 Å². The fourth-order valence-corrected chi connectivity index (χ4v) is 10.7. The Morgan fingerprint density at radius 1 is 0.919 bits per heavy atom. The molecule has 0 aromatic heterocycles. The first-order valence-electron chi connectivity index (χ1n) is 13.7. The van der Waals surface area contributed by atoms with Crippen LogP contribution in [0, 0.1) is 5.92 Å². The van der Waals surface area contributed by atoms with Crippen LogP contribution in [0.1, 0.15) is 74.1 Å². The van der Waals surface area contributed by atoms with E-state index in [1.807, 2.05) is 20.8 Å². The molecule has 37 heavy (non-hydrogen) atoms. The highest BCUT2D eigenvalue weighted by Gasteiger charge is 2.54. The zero-order chi connectivity index (χ0) is 26.8. The summed E-state index contributed by atoms with van der Waals surface area (Å²) in [5.41, 5.74) is -0.486. The van der Waals surface area contributed by atoms with Crippen LogP contribution >= 0.6 is 0 Å². The molecule has 0 amide bonds. The van der Waals surface area contributed by atoms with Gasteiger partial charge in [-0.2, -0.15) is 0 Å². The van der Waals surface area contributed by atoms with Gasteiger partial charge in [0.05, 0.1) is 24.7 Å². The number of rotatable bonds is 8. The standard InChI is InChI=1S/C31H44O5Si/c1-8-26(27-20-22-19-23(33-29(22)34-27)21-28(32)35-30(2,3)4)36-37(31(5,6)7,24-15-11-9-12-16-24)25-17-13-10-14-18-25/h9-18,22-23,26-27,29H,8,19-21H2,1-7H3/t22-,23-,26+,27+,29+/m0/s1. The minimum absolute atomic E-state index is 0.0378. The third kappa shape index (κ3) is 6.19. The number of carbonyl (C=O) groups is 1. The van der Waals surface area contributed by atoms with E-state index < -0.39 is 13.9 Å². The number of hydrogen-bond acceptors (Lipinski definition) is 5. The molecule has 5 atom stereocenters. The lowest BCUT2D eigenvalue weighted by atomic mass is 9.96. The summed E-state index contributed by atoms with van der Waals surface area (Å²) in [7, 11) is -2.68. The van der Waals surface area contributed by atoms with Crippen molar-refractivity contribution in [2.24, 2.45) is 5.92 Å². The molecular weight excluding hydrogens is 480 g/mol. The number of benzene rings is 2. The maximum absolute atomic E-state index is 12.3. The van der Waals surface area contributed by atoms with E-state index in [4.69, 9.17) is 18.6 Å². The molecule has 0 bridgehead atoms. The summed E-state index contributed by atoms with van der Waals surface area (Å²) in [5.74, 6) is 0.0599. The first kappa shape index (κ1) is 28.0. The quantitative estimate of drug-likeness (QED) is 0.333. The van der Waals surface area contributed by atoms with Gasteiger partial charge in [0.1, 0.15) is 5.60 Å². The molecule has 2 aromatic carbocycles. The molecule has 202 valence electrons. The Kier molecular flexibility index (Phi) is 8.34. The van der Waals surface area contributed by atoms with Crippen molar-refractivity contribution in [1.29, 1.82) is 0 Å². The smallest absolute Gasteiger partial charge is 0.308 e. The minimum atomic E-state index is -2.68. The van der Waals surface area contributed by atoms with E-state index in [1.165, 1.54) is 10.4 Å². The van der Waals surface area contributed by atoms with Crippen LogP contribution in [0.5, 0.6) is 0 Å². The van der Waals surface area contributed by atoms with Crippen molar-refractivity contribution in [1.82, 2.24) is 0 Å². The normalized spacial score (nSPS) is 25.1. The number of ether oxygens (including phenoxy) is 3. The number of hydrogen-bond donors (Lipinski definition) is 0. The molecule has 0 radical (unpaired) electrons. The van der Waals surface area contributed by atoms with Crippen LogP contribution in [0.3, 0.4) is 0 Å². The van der Waals surface area contributed by atoms with Crippen molar-refractivity contribution in [2.75, 3.05) is 0 Å². The largest absolute Gasteiger partial charge is 0.460 e. The minimum Gasteiger partial charge on any atom is -0.460 e. The summed E-state index contributed by atoms with van der Waals surface area (Å²) in [4.78, 5) is 12.3. The Bertz CT molecular complexity index is 974. The van der Waals surface area contributed by atoms with Crippen molar-refractivity contribution in [2.45, 2.75) is 109 Å². The maximum Gasteiger partial charge on any atom is 0.308 e. The van der Waals surface area contributed by atoms with Crippen LogP contribution in [0.25, 0.3) is 0 Å². The average molecular weight is 525 g/mol. The molecule has 4 rings (SSSR count). The zero-order valence-electron chi connectivity index (χ0n) is 23.5. The second kappa shape index (κ2) is 11.0. The van der Waals surface area contributed by atoms with Crippen LogP contribution in [0.15, 0.2) is 60.7 Å². The van der Waals surface area contributed by atoms with Crippen molar-refractivity contribution < 1.29 is 23.4 Å². The fraction of sp³-hybridized carbons (Fsp3) is 0.581. The fourth-order valence-electron chi connectivity index (χ4n) is 5.96. The first-order chi connectivity index (χ1) is 17.4. The van der Waals surface area contributed by atoms with Crippen LogP contribution in [-0.4, -0.2) is 44.5 Å². The summed E-state index contributed by atoms with van der Waals surface area (Å²) >= 11 is 0. The van der Waals surface area contributed by atoms with Gasteiger partial charge in [-0.05, 0) is 55.4 Å². The molecule has 2 aliphatic rings. The van der Waals surface area contributed by atoms with Crippen LogP contribution in [0.2, 0.25) is 5.04 Å². The Labute approximate surface area is 224 Å². The van der Waals surface area contributed by atoms with Crippen LogP contribution in [-0.2, 0) is 23.4 Å². The van der Waals surface area contributed by atoms with E-state index in [2.05, 4.69) is 88.4 Å². The molecular formula is C31H44O5Si. The van der Waals surface area contributed by atoms with Gasteiger partial charge >= 0.3 is 5.97 Å². The topological polar surface area (TPSA) is 54.0 Å². The number of esters is 1. The summed E-state index contributed by atoms with van der Waals surface area (Å²) in [6.07, 6.45) is 2.30. The van der Waals surface area contributed by atoms with Gasteiger partial charge in [-0.15, -0.1) is 0 Å². The van der Waals surface area contributed by atoms with Gasteiger partial charge < -0.3 is 18.6 Å². The Morgan fingerprint density at radius 2 is 1.49 bits per heavy atom. The lowest BCUT2D eigenvalue weighted by Gasteiger charge is -2.46. The molecule has 2 aromatic rings. The van der Waals surface area contributed by atoms with Crippen molar-refractivity contribution in [3.8, 4) is 0 Å². The van der Waals surface area contributed by atoms with E-state index in [1.54, 1.807) is 0 Å². The van der Waals surface area contributed by atoms with Gasteiger partial charge in [-0.25, -0.2) is 0 Å². The van der Waals surface area contributed by atoms with Crippen molar-refractivity contribution in [3.63, 3.8) is 0 Å². The molecule has 0 N–H and O–H groups in total. The van der Waals surface area contributed by atoms with Gasteiger partial charge in [0.15, 0.2) is 6.29 Å². The second-order valence-corrected chi connectivity index (χ2v) is 16.8. The Hall–Kier alpha value is -1.99. The zero-order valence-corrected chi connectivity index (χ0v) is 24.5. The van der Waals surface area contributed by atoms with Gasteiger partial charge in [0, 0.05) is 5.92 Å². The van der Waals surface area contributed by atoms with E-state index in [-0.39, 0.29) is 47.9 Å². The lowest BCUT2D eigenvalue weighted by Crippen LogP contribution is -2.68. The highest BCUT2D eigenvalue weighted by Crippen LogP contribution is 2.43. The monoisotopic (exact) mass is 524 g/mol. The van der Waals surface area contributed by atoms with E-state index in [0.717, 1.165) is 19.3 Å². The number of fused-ring (bicyclic) bond motifs is 1. The van der Waals surface area contributed by atoms with Gasteiger partial charge in [0.2, 0.25) is 0 Å². The molecule has 2 saturated heterocycles. The molecule has 0 spiro atoms. The molecule has 2 heterocycles.